The number of aliphatic hydroxyl groups is 1. The van der Waals surface area contributed by atoms with E-state index in [1.54, 1.807) is 0 Å². The lowest BCUT2D eigenvalue weighted by molar-refractivity contribution is -0.295. The number of unbranched alkanes of at least 4 members (excludes halogenated alkanes) is 2. The number of aliphatic hydroxyl groups excluding tert-OH is 1. The first-order valence-corrected chi connectivity index (χ1v) is 4.92. The van der Waals surface area contributed by atoms with Crippen molar-refractivity contribution in [3.63, 3.8) is 0 Å². The number of carboxylic acid groups (broad SMARTS) is 1. The number of hydrogen-bond acceptors (Lipinski definition) is 5. The van der Waals surface area contributed by atoms with Crippen molar-refractivity contribution < 1.29 is 29.9 Å². The first-order valence-electron chi connectivity index (χ1n) is 4.92. The summed E-state index contributed by atoms with van der Waals surface area (Å²) in [7, 11) is 0. The molecule has 0 spiro atoms. The van der Waals surface area contributed by atoms with Crippen molar-refractivity contribution in [2.45, 2.75) is 38.4 Å². The van der Waals surface area contributed by atoms with E-state index in [4.69, 9.17) is 15.1 Å². The lowest BCUT2D eigenvalue weighted by atomic mass is 10.2. The predicted molar refractivity (Wildman–Crippen MR) is 51.5 cm³/mol. The van der Waals surface area contributed by atoms with Gasteiger partial charge in [0.2, 0.25) is 6.10 Å². The van der Waals surface area contributed by atoms with Gasteiger partial charge in [-0.1, -0.05) is 19.8 Å². The minimum atomic E-state index is -1.66. The smallest absolute Gasteiger partial charge is 0.339 e. The maximum absolute atomic E-state index is 10.4. The van der Waals surface area contributed by atoms with Crippen LogP contribution in [-0.4, -0.2) is 46.9 Å². The number of carbonyl (C=O) groups is 1. The number of rotatable bonds is 9. The normalized spacial score (nSPS) is 14.9. The first kappa shape index (κ1) is 14.3. The number of carboxylic acids is 1. The molecule has 0 aliphatic heterocycles. The van der Waals surface area contributed by atoms with Crippen LogP contribution in [-0.2, 0) is 14.4 Å². The van der Waals surface area contributed by atoms with E-state index in [1.165, 1.54) is 0 Å². The molecule has 0 aromatic heterocycles. The van der Waals surface area contributed by atoms with Gasteiger partial charge in [-0.3, -0.25) is 5.26 Å². The standard InChI is InChI=1S/C9H18O6/c1-2-3-4-5-14-6-7(10)8(15-13)9(11)12/h7-8,10,13H,2-6H2,1H3,(H,11,12). The topological polar surface area (TPSA) is 96.2 Å². The molecule has 0 amide bonds. The first-order chi connectivity index (χ1) is 7.13. The van der Waals surface area contributed by atoms with Crippen LogP contribution in [0.3, 0.4) is 0 Å². The highest BCUT2D eigenvalue weighted by Crippen LogP contribution is 2.01. The zero-order valence-electron chi connectivity index (χ0n) is 8.76. The van der Waals surface area contributed by atoms with Crippen molar-refractivity contribution in [3.05, 3.63) is 0 Å². The highest BCUT2D eigenvalue weighted by Gasteiger charge is 2.27. The lowest BCUT2D eigenvalue weighted by Crippen LogP contribution is -2.38. The lowest BCUT2D eigenvalue weighted by Gasteiger charge is -2.15. The fourth-order valence-electron chi connectivity index (χ4n) is 1.03. The average Bonchev–Trinajstić information content (AvgIpc) is 2.18. The van der Waals surface area contributed by atoms with E-state index in [9.17, 15) is 9.90 Å². The molecule has 6 heteroatoms. The molecule has 2 unspecified atom stereocenters. The van der Waals surface area contributed by atoms with Gasteiger partial charge in [0.15, 0.2) is 0 Å². The zero-order chi connectivity index (χ0) is 11.7. The molecule has 90 valence electrons. The van der Waals surface area contributed by atoms with E-state index in [1.807, 2.05) is 0 Å². The molecule has 6 nitrogen and oxygen atoms in total. The Morgan fingerprint density at radius 1 is 1.40 bits per heavy atom. The minimum Gasteiger partial charge on any atom is -0.479 e. The third kappa shape index (κ3) is 6.40. The van der Waals surface area contributed by atoms with Gasteiger partial charge in [-0.2, -0.15) is 0 Å². The van der Waals surface area contributed by atoms with Crippen molar-refractivity contribution in [3.8, 4) is 0 Å². The minimum absolute atomic E-state index is 0.165. The molecule has 0 heterocycles. The second kappa shape index (κ2) is 8.60. The van der Waals surface area contributed by atoms with Gasteiger partial charge in [-0.15, -0.1) is 0 Å². The number of ether oxygens (including phenoxy) is 1. The van der Waals surface area contributed by atoms with Gasteiger partial charge >= 0.3 is 5.97 Å². The molecule has 0 aromatic carbocycles. The summed E-state index contributed by atoms with van der Waals surface area (Å²) >= 11 is 0. The van der Waals surface area contributed by atoms with Crippen LogP contribution >= 0.6 is 0 Å². The molecule has 15 heavy (non-hydrogen) atoms. The summed E-state index contributed by atoms with van der Waals surface area (Å²) in [4.78, 5) is 14.0. The van der Waals surface area contributed by atoms with Crippen LogP contribution in [0.2, 0.25) is 0 Å². The molecule has 0 aliphatic rings. The molecule has 0 aromatic rings. The molecular weight excluding hydrogens is 204 g/mol. The van der Waals surface area contributed by atoms with Crippen LogP contribution in [0.15, 0.2) is 0 Å². The highest BCUT2D eigenvalue weighted by atomic mass is 17.1. The molecule has 0 aliphatic carbocycles. The van der Waals surface area contributed by atoms with Crippen LogP contribution in [0.25, 0.3) is 0 Å². The highest BCUT2D eigenvalue weighted by molar-refractivity contribution is 5.72. The van der Waals surface area contributed by atoms with E-state index in [0.717, 1.165) is 19.3 Å². The third-order valence-corrected chi connectivity index (χ3v) is 1.89. The second-order valence-electron chi connectivity index (χ2n) is 3.21. The third-order valence-electron chi connectivity index (χ3n) is 1.89. The van der Waals surface area contributed by atoms with Gasteiger partial charge in [0.25, 0.3) is 0 Å². The molecule has 0 saturated carbocycles. The summed E-state index contributed by atoms with van der Waals surface area (Å²) in [5.41, 5.74) is 0. The average molecular weight is 222 g/mol. The van der Waals surface area contributed by atoms with E-state index >= 15 is 0 Å². The molecule has 3 N–H and O–H groups in total. The number of hydrogen-bond donors (Lipinski definition) is 3. The van der Waals surface area contributed by atoms with Gasteiger partial charge < -0.3 is 14.9 Å². The van der Waals surface area contributed by atoms with Crippen LogP contribution in [0, 0.1) is 0 Å². The summed E-state index contributed by atoms with van der Waals surface area (Å²) in [6.45, 7) is 2.35. The van der Waals surface area contributed by atoms with Crippen molar-refractivity contribution >= 4 is 5.97 Å². The molecule has 0 radical (unpaired) electrons. The van der Waals surface area contributed by atoms with E-state index in [2.05, 4.69) is 11.8 Å². The Bertz CT molecular complexity index is 172. The predicted octanol–water partition coefficient (Wildman–Crippen LogP) is 0.497. The van der Waals surface area contributed by atoms with Crippen molar-refractivity contribution in [1.29, 1.82) is 0 Å². The molecule has 0 fully saturated rings. The second-order valence-corrected chi connectivity index (χ2v) is 3.21. The van der Waals surface area contributed by atoms with Crippen LogP contribution < -0.4 is 0 Å². The maximum Gasteiger partial charge on any atom is 0.339 e. The van der Waals surface area contributed by atoms with E-state index < -0.39 is 18.2 Å². The largest absolute Gasteiger partial charge is 0.479 e. The fourth-order valence-corrected chi connectivity index (χ4v) is 1.03. The van der Waals surface area contributed by atoms with Crippen molar-refractivity contribution in [2.24, 2.45) is 0 Å². The zero-order valence-corrected chi connectivity index (χ0v) is 8.76. The Morgan fingerprint density at radius 3 is 2.53 bits per heavy atom. The van der Waals surface area contributed by atoms with Gasteiger partial charge in [-0.25, -0.2) is 9.68 Å². The molecule has 2 atom stereocenters. The molecular formula is C9H18O6. The Balaban J connectivity index is 3.62. The summed E-state index contributed by atoms with van der Waals surface area (Å²) in [6, 6.07) is 0. The van der Waals surface area contributed by atoms with Gasteiger partial charge in [0.1, 0.15) is 6.10 Å². The van der Waals surface area contributed by atoms with Crippen molar-refractivity contribution in [1.82, 2.24) is 0 Å². The van der Waals surface area contributed by atoms with Gasteiger partial charge in [0, 0.05) is 6.61 Å². The number of aliphatic carboxylic acids is 1. The summed E-state index contributed by atoms with van der Waals surface area (Å²) in [6.07, 6.45) is -0.0791. The maximum atomic E-state index is 10.4. The fraction of sp³-hybridized carbons (Fsp3) is 0.889. The van der Waals surface area contributed by atoms with Crippen LogP contribution in [0.4, 0.5) is 0 Å². The van der Waals surface area contributed by atoms with E-state index in [0.29, 0.717) is 6.61 Å². The van der Waals surface area contributed by atoms with Gasteiger partial charge in [-0.05, 0) is 6.42 Å². The Hall–Kier alpha value is -0.690. The van der Waals surface area contributed by atoms with Gasteiger partial charge in [0.05, 0.1) is 6.61 Å². The Labute approximate surface area is 88.4 Å². The van der Waals surface area contributed by atoms with Crippen LogP contribution in [0.5, 0.6) is 0 Å². The summed E-state index contributed by atoms with van der Waals surface area (Å²) in [5.74, 6) is -1.43. The Morgan fingerprint density at radius 2 is 2.07 bits per heavy atom. The SMILES string of the molecule is CCCCCOCC(O)C(OO)C(=O)O. The van der Waals surface area contributed by atoms with Crippen molar-refractivity contribution in [2.75, 3.05) is 13.2 Å². The van der Waals surface area contributed by atoms with Crippen LogP contribution in [0.1, 0.15) is 26.2 Å². The summed E-state index contributed by atoms with van der Waals surface area (Å²) in [5, 5.41) is 25.9. The van der Waals surface area contributed by atoms with E-state index in [-0.39, 0.29) is 6.61 Å². The molecule has 0 bridgehead atoms. The molecule has 0 saturated heterocycles. The molecule has 0 rings (SSSR count). The Kier molecular flexibility index (Phi) is 8.21. The summed E-state index contributed by atoms with van der Waals surface area (Å²) < 4.78 is 5.03. The monoisotopic (exact) mass is 222 g/mol. The quantitative estimate of drug-likeness (QED) is 0.298.